The van der Waals surface area contributed by atoms with E-state index < -0.39 is 30.0 Å². The largest absolute Gasteiger partial charge is 0.465 e. The molecular formula is C20H22ClFN6O5. The number of rotatable bonds is 3. The van der Waals surface area contributed by atoms with E-state index >= 15 is 0 Å². The third-order valence-corrected chi connectivity index (χ3v) is 5.83. The van der Waals surface area contributed by atoms with Crippen molar-refractivity contribution in [1.82, 2.24) is 24.6 Å². The number of hydrogen-bond acceptors (Lipinski definition) is 5. The van der Waals surface area contributed by atoms with Crippen LogP contribution in [0.5, 0.6) is 0 Å². The van der Waals surface area contributed by atoms with E-state index in [0.717, 1.165) is 16.0 Å². The van der Waals surface area contributed by atoms with Gasteiger partial charge in [0.05, 0.1) is 30.4 Å². The van der Waals surface area contributed by atoms with Crippen molar-refractivity contribution in [2.24, 2.45) is 0 Å². The lowest BCUT2D eigenvalue weighted by molar-refractivity contribution is -0.151. The molecule has 1 atom stereocenters. The molecule has 0 saturated heterocycles. The topological polar surface area (TPSA) is 120 Å². The van der Waals surface area contributed by atoms with Gasteiger partial charge in [-0.2, -0.15) is 5.10 Å². The van der Waals surface area contributed by atoms with Gasteiger partial charge in [-0.3, -0.25) is 14.3 Å². The molecule has 2 N–H and O–H groups in total. The molecule has 3 heterocycles. The number of anilines is 1. The third-order valence-electron chi connectivity index (χ3n) is 5.54. The van der Waals surface area contributed by atoms with Gasteiger partial charge in [-0.25, -0.2) is 19.0 Å². The number of fused-ring (bicyclic) bond motifs is 3. The molecule has 0 radical (unpaired) electrons. The Morgan fingerprint density at radius 2 is 2.18 bits per heavy atom. The van der Waals surface area contributed by atoms with E-state index in [4.69, 9.17) is 21.5 Å². The van der Waals surface area contributed by atoms with Crippen LogP contribution in [-0.2, 0) is 24.3 Å². The molecule has 1 unspecified atom stereocenters. The zero-order valence-corrected chi connectivity index (χ0v) is 18.7. The third kappa shape index (κ3) is 4.57. The minimum atomic E-state index is -1.11. The number of aromatic nitrogens is 2. The van der Waals surface area contributed by atoms with Crippen LogP contribution in [0.3, 0.4) is 0 Å². The zero-order chi connectivity index (χ0) is 23.9. The molecule has 2 aromatic rings. The molecule has 1 aromatic carbocycles. The summed E-state index contributed by atoms with van der Waals surface area (Å²) in [5, 5.41) is 17.3. The first kappa shape index (κ1) is 22.8. The van der Waals surface area contributed by atoms with Crippen LogP contribution >= 0.6 is 11.6 Å². The molecule has 0 aliphatic carbocycles. The smallest absolute Gasteiger partial charge is 0.407 e. The number of benzene rings is 1. The molecule has 0 saturated carbocycles. The first-order chi connectivity index (χ1) is 15.6. The Morgan fingerprint density at radius 3 is 2.88 bits per heavy atom. The van der Waals surface area contributed by atoms with Crippen molar-refractivity contribution in [3.63, 3.8) is 0 Å². The van der Waals surface area contributed by atoms with Crippen LogP contribution in [0.4, 0.5) is 19.7 Å². The number of nitrogens with one attached hydrogen (secondary N) is 1. The van der Waals surface area contributed by atoms with Crippen LogP contribution in [0, 0.1) is 5.82 Å². The van der Waals surface area contributed by atoms with Gasteiger partial charge in [0.15, 0.2) is 0 Å². The van der Waals surface area contributed by atoms with Crippen LogP contribution in [0.1, 0.15) is 21.7 Å². The van der Waals surface area contributed by atoms with Gasteiger partial charge in [-0.15, -0.1) is 0 Å². The monoisotopic (exact) mass is 480 g/mol. The first-order valence-electron chi connectivity index (χ1n) is 10.1. The average molecular weight is 481 g/mol. The van der Waals surface area contributed by atoms with E-state index in [1.165, 1.54) is 35.8 Å². The molecule has 4 rings (SSSR count). The van der Waals surface area contributed by atoms with E-state index in [9.17, 15) is 18.8 Å². The lowest BCUT2D eigenvalue weighted by atomic mass is 10.1. The maximum Gasteiger partial charge on any atom is 0.407 e. The molecular weight excluding hydrogens is 459 g/mol. The lowest BCUT2D eigenvalue weighted by Gasteiger charge is -2.27. The van der Waals surface area contributed by atoms with Crippen LogP contribution in [-0.4, -0.2) is 81.1 Å². The van der Waals surface area contributed by atoms with Crippen molar-refractivity contribution in [3.8, 4) is 0 Å². The van der Waals surface area contributed by atoms with Crippen molar-refractivity contribution in [2.45, 2.75) is 25.6 Å². The van der Waals surface area contributed by atoms with Crippen molar-refractivity contribution in [3.05, 3.63) is 46.0 Å². The van der Waals surface area contributed by atoms with E-state index in [-0.39, 0.29) is 24.7 Å². The Labute approximate surface area is 193 Å². The van der Waals surface area contributed by atoms with E-state index in [0.29, 0.717) is 35.6 Å². The highest BCUT2D eigenvalue weighted by Crippen LogP contribution is 2.27. The summed E-state index contributed by atoms with van der Waals surface area (Å²) in [6, 6.07) is 3.47. The molecule has 176 valence electrons. The predicted molar refractivity (Wildman–Crippen MR) is 114 cm³/mol. The zero-order valence-electron chi connectivity index (χ0n) is 17.9. The molecule has 13 heteroatoms. The second kappa shape index (κ2) is 8.87. The molecule has 11 nitrogen and oxygen atoms in total. The van der Waals surface area contributed by atoms with Crippen molar-refractivity contribution in [2.75, 3.05) is 32.5 Å². The standard InChI is InChI=1S/C20H22ClFN6O5/c1-25(20(31)32)8-12-9-28-17(18(29)26(2)33-12)13-10-27(6-5-16(13)24-28)19(30)23-11-3-4-15(22)14(21)7-11/h3-4,7,12H,5-6,8-10H2,1-2H3,(H,23,30)(H,31,32). The van der Waals surface area contributed by atoms with Crippen LogP contribution in [0.2, 0.25) is 5.02 Å². The molecule has 0 spiro atoms. The Kier molecular flexibility index (Phi) is 6.13. The van der Waals surface area contributed by atoms with E-state index in [2.05, 4.69) is 10.4 Å². The Morgan fingerprint density at radius 1 is 1.42 bits per heavy atom. The number of likely N-dealkylation sites (N-methyl/N-ethyl adjacent to an activating group) is 1. The number of carbonyl (C=O) groups is 3. The molecule has 2 aliphatic heterocycles. The summed E-state index contributed by atoms with van der Waals surface area (Å²) in [4.78, 5) is 45.2. The Bertz CT molecular complexity index is 1120. The van der Waals surface area contributed by atoms with Gasteiger partial charge in [-0.05, 0) is 18.2 Å². The summed E-state index contributed by atoms with van der Waals surface area (Å²) in [7, 11) is 2.87. The highest BCUT2D eigenvalue weighted by atomic mass is 35.5. The van der Waals surface area contributed by atoms with E-state index in [1.54, 1.807) is 0 Å². The van der Waals surface area contributed by atoms with Gasteiger partial charge >= 0.3 is 12.1 Å². The van der Waals surface area contributed by atoms with E-state index in [1.807, 2.05) is 0 Å². The second-order valence-electron chi connectivity index (χ2n) is 7.88. The predicted octanol–water partition coefficient (Wildman–Crippen LogP) is 2.26. The molecule has 0 bridgehead atoms. The molecule has 1 aromatic heterocycles. The van der Waals surface area contributed by atoms with Gasteiger partial charge in [0.25, 0.3) is 5.91 Å². The summed E-state index contributed by atoms with van der Waals surface area (Å²) in [6.07, 6.45) is -1.30. The van der Waals surface area contributed by atoms with Gasteiger partial charge in [0.2, 0.25) is 0 Å². The van der Waals surface area contributed by atoms with Gasteiger partial charge < -0.3 is 20.2 Å². The highest BCUT2D eigenvalue weighted by molar-refractivity contribution is 6.31. The number of urea groups is 1. The first-order valence-corrected chi connectivity index (χ1v) is 10.5. The molecule has 4 amide bonds. The fraction of sp³-hybridized carbons (Fsp3) is 0.400. The Hall–Kier alpha value is -3.38. The number of nitrogens with zero attached hydrogens (tertiary/aromatic N) is 5. The molecule has 2 aliphatic rings. The van der Waals surface area contributed by atoms with Gasteiger partial charge in [0.1, 0.15) is 17.6 Å². The van der Waals surface area contributed by atoms with Gasteiger partial charge in [-0.1, -0.05) is 11.6 Å². The maximum absolute atomic E-state index is 13.4. The minimum Gasteiger partial charge on any atom is -0.465 e. The highest BCUT2D eigenvalue weighted by Gasteiger charge is 2.36. The summed E-state index contributed by atoms with van der Waals surface area (Å²) < 4.78 is 14.9. The fourth-order valence-electron chi connectivity index (χ4n) is 3.87. The Balaban J connectivity index is 1.54. The quantitative estimate of drug-likeness (QED) is 0.695. The summed E-state index contributed by atoms with van der Waals surface area (Å²) in [5.74, 6) is -1.02. The summed E-state index contributed by atoms with van der Waals surface area (Å²) >= 11 is 5.78. The normalized spacial score (nSPS) is 17.8. The van der Waals surface area contributed by atoms with Crippen molar-refractivity contribution >= 4 is 35.3 Å². The maximum atomic E-state index is 13.4. The summed E-state index contributed by atoms with van der Waals surface area (Å²) in [6.45, 7) is 0.739. The number of carbonyl (C=O) groups excluding carboxylic acids is 2. The average Bonchev–Trinajstić information content (AvgIpc) is 3.06. The van der Waals surface area contributed by atoms with Crippen LogP contribution < -0.4 is 5.32 Å². The van der Waals surface area contributed by atoms with Crippen LogP contribution in [0.25, 0.3) is 0 Å². The van der Waals surface area contributed by atoms with Crippen molar-refractivity contribution in [1.29, 1.82) is 0 Å². The van der Waals surface area contributed by atoms with Crippen molar-refractivity contribution < 1.29 is 28.7 Å². The SMILES string of the molecule is CN(CC1Cn2nc3c(c2C(=O)N(C)O1)CN(C(=O)Nc1ccc(F)c(Cl)c1)CC3)C(=O)O. The second-order valence-corrected chi connectivity index (χ2v) is 8.29. The lowest BCUT2D eigenvalue weighted by Crippen LogP contribution is -2.40. The van der Waals surface area contributed by atoms with Crippen LogP contribution in [0.15, 0.2) is 18.2 Å². The molecule has 33 heavy (non-hydrogen) atoms. The number of hydroxylamine groups is 2. The van der Waals surface area contributed by atoms with Gasteiger partial charge in [0, 0.05) is 38.3 Å². The minimum absolute atomic E-state index is 0.0473. The fourth-order valence-corrected chi connectivity index (χ4v) is 4.05. The number of carboxylic acid groups (broad SMARTS) is 1. The molecule has 0 fully saturated rings. The number of amides is 4. The summed E-state index contributed by atoms with van der Waals surface area (Å²) in [5.41, 5.74) is 1.96. The number of hydrogen-bond donors (Lipinski definition) is 2. The number of halogens is 2.